The van der Waals surface area contributed by atoms with E-state index in [1.165, 1.54) is 0 Å². The zero-order valence-electron chi connectivity index (χ0n) is 9.03. The molecule has 1 amide bonds. The number of nitrogens with zero attached hydrogens (tertiary/aromatic N) is 1. The molecule has 84 valence electrons. The lowest BCUT2D eigenvalue weighted by atomic mass is 10.2. The summed E-state index contributed by atoms with van der Waals surface area (Å²) >= 11 is 0. The normalized spacial score (nSPS) is 13.1. The van der Waals surface area contributed by atoms with Crippen LogP contribution in [0.5, 0.6) is 0 Å². The number of rotatable bonds is 8. The minimum absolute atomic E-state index is 0.435. The molecule has 4 N–H and O–H groups in total. The molecule has 0 aromatic rings. The molecule has 0 aromatic carbocycles. The summed E-state index contributed by atoms with van der Waals surface area (Å²) in [4.78, 5) is 12.7. The fourth-order valence-electron chi connectivity index (χ4n) is 1.09. The summed E-state index contributed by atoms with van der Waals surface area (Å²) in [7, 11) is 3.67. The molecule has 0 heterocycles. The van der Waals surface area contributed by atoms with Crippen LogP contribution in [-0.2, 0) is 9.53 Å². The molecule has 1 unspecified atom stereocenters. The van der Waals surface area contributed by atoms with Gasteiger partial charge in [0.25, 0.3) is 0 Å². The zero-order valence-corrected chi connectivity index (χ0v) is 9.03. The van der Waals surface area contributed by atoms with Gasteiger partial charge in [-0.15, -0.1) is 0 Å². The number of carbonyl (C=O) groups is 1. The highest BCUT2D eigenvalue weighted by molar-refractivity contribution is 5.79. The molecule has 14 heavy (non-hydrogen) atoms. The summed E-state index contributed by atoms with van der Waals surface area (Å²) in [6.45, 7) is 2.49. The third-order valence-electron chi connectivity index (χ3n) is 2.08. The molecule has 0 saturated carbocycles. The van der Waals surface area contributed by atoms with Crippen molar-refractivity contribution >= 4 is 5.91 Å². The van der Waals surface area contributed by atoms with Gasteiger partial charge in [0.1, 0.15) is 0 Å². The van der Waals surface area contributed by atoms with Crippen LogP contribution in [0.2, 0.25) is 0 Å². The lowest BCUT2D eigenvalue weighted by Crippen LogP contribution is -2.39. The monoisotopic (exact) mass is 203 g/mol. The Hall–Kier alpha value is -0.650. The maximum absolute atomic E-state index is 10.6. The molecule has 0 rings (SSSR count). The number of carbonyl (C=O) groups excluding carboxylic acids is 1. The molecule has 5 heteroatoms. The molecule has 0 saturated heterocycles. The van der Waals surface area contributed by atoms with Crippen LogP contribution in [0.15, 0.2) is 0 Å². The van der Waals surface area contributed by atoms with E-state index in [0.717, 1.165) is 26.1 Å². The topological polar surface area (TPSA) is 81.6 Å². The molecular weight excluding hydrogens is 182 g/mol. The van der Waals surface area contributed by atoms with E-state index in [9.17, 15) is 4.79 Å². The van der Waals surface area contributed by atoms with E-state index in [1.807, 2.05) is 7.05 Å². The molecule has 0 aliphatic heterocycles. The quantitative estimate of drug-likeness (QED) is 0.504. The summed E-state index contributed by atoms with van der Waals surface area (Å²) in [5, 5.41) is 0. The van der Waals surface area contributed by atoms with Gasteiger partial charge in [-0.3, -0.25) is 4.79 Å². The van der Waals surface area contributed by atoms with Crippen LogP contribution in [0, 0.1) is 0 Å². The van der Waals surface area contributed by atoms with Crippen LogP contribution in [0.3, 0.4) is 0 Å². The molecule has 0 aromatic heterocycles. The maximum atomic E-state index is 10.6. The number of ether oxygens (including phenoxy) is 1. The van der Waals surface area contributed by atoms with E-state index in [-0.39, 0.29) is 0 Å². The predicted molar refractivity (Wildman–Crippen MR) is 55.8 cm³/mol. The van der Waals surface area contributed by atoms with E-state index >= 15 is 0 Å². The number of hydrogen-bond acceptors (Lipinski definition) is 4. The van der Waals surface area contributed by atoms with Crippen molar-refractivity contribution in [1.82, 2.24) is 4.90 Å². The molecule has 0 radical (unpaired) electrons. The Morgan fingerprint density at radius 2 is 2.14 bits per heavy atom. The van der Waals surface area contributed by atoms with Crippen molar-refractivity contribution in [2.75, 3.05) is 33.9 Å². The van der Waals surface area contributed by atoms with Crippen molar-refractivity contribution in [3.63, 3.8) is 0 Å². The number of methoxy groups -OCH3 is 1. The summed E-state index contributed by atoms with van der Waals surface area (Å²) < 4.78 is 4.93. The number of hydrogen-bond donors (Lipinski definition) is 2. The van der Waals surface area contributed by atoms with Crippen LogP contribution >= 0.6 is 0 Å². The van der Waals surface area contributed by atoms with Crippen LogP contribution in [-0.4, -0.2) is 50.7 Å². The molecule has 0 fully saturated rings. The molecular formula is C9H21N3O2. The third kappa shape index (κ3) is 6.82. The van der Waals surface area contributed by atoms with Gasteiger partial charge in [0.15, 0.2) is 0 Å². The van der Waals surface area contributed by atoms with Crippen LogP contribution in [0.25, 0.3) is 0 Å². The minimum Gasteiger partial charge on any atom is -0.385 e. The second kappa shape index (κ2) is 7.73. The van der Waals surface area contributed by atoms with Gasteiger partial charge in [-0.2, -0.15) is 0 Å². The average Bonchev–Trinajstić information content (AvgIpc) is 2.14. The van der Waals surface area contributed by atoms with Gasteiger partial charge in [0, 0.05) is 20.3 Å². The lowest BCUT2D eigenvalue weighted by Gasteiger charge is -2.17. The van der Waals surface area contributed by atoms with Gasteiger partial charge in [0.05, 0.1) is 6.04 Å². The van der Waals surface area contributed by atoms with Gasteiger partial charge in [0.2, 0.25) is 5.91 Å². The first-order valence-electron chi connectivity index (χ1n) is 4.80. The van der Waals surface area contributed by atoms with Crippen molar-refractivity contribution in [2.24, 2.45) is 11.5 Å². The second-order valence-electron chi connectivity index (χ2n) is 3.45. The minimum atomic E-state index is -0.528. The third-order valence-corrected chi connectivity index (χ3v) is 2.08. The van der Waals surface area contributed by atoms with Crippen LogP contribution < -0.4 is 11.5 Å². The Balaban J connectivity index is 3.43. The van der Waals surface area contributed by atoms with Crippen LogP contribution in [0.1, 0.15) is 12.8 Å². The Bertz CT molecular complexity index is 164. The first-order chi connectivity index (χ1) is 6.57. The fraction of sp³-hybridized carbons (Fsp3) is 0.889. The van der Waals surface area contributed by atoms with Crippen molar-refractivity contribution < 1.29 is 9.53 Å². The van der Waals surface area contributed by atoms with Crippen LogP contribution in [0.4, 0.5) is 0 Å². The van der Waals surface area contributed by atoms with Gasteiger partial charge >= 0.3 is 0 Å². The fourth-order valence-corrected chi connectivity index (χ4v) is 1.09. The summed E-state index contributed by atoms with van der Waals surface area (Å²) in [6, 6.07) is -0.528. The van der Waals surface area contributed by atoms with Crippen molar-refractivity contribution in [1.29, 1.82) is 0 Å². The van der Waals surface area contributed by atoms with E-state index in [4.69, 9.17) is 16.2 Å². The first kappa shape index (κ1) is 13.4. The highest BCUT2D eigenvalue weighted by Gasteiger charge is 2.09. The lowest BCUT2D eigenvalue weighted by molar-refractivity contribution is -0.119. The van der Waals surface area contributed by atoms with E-state index in [0.29, 0.717) is 6.42 Å². The van der Waals surface area contributed by atoms with Gasteiger partial charge in [-0.05, 0) is 26.4 Å². The standard InChI is InChI=1S/C9H21N3O2/c1-12(5-3-7-14-2)6-4-8(10)9(11)13/h8H,3-7,10H2,1-2H3,(H2,11,13). The van der Waals surface area contributed by atoms with E-state index in [2.05, 4.69) is 4.90 Å². The molecule has 5 nitrogen and oxygen atoms in total. The Morgan fingerprint density at radius 3 is 2.64 bits per heavy atom. The van der Waals surface area contributed by atoms with Gasteiger partial charge in [-0.25, -0.2) is 0 Å². The van der Waals surface area contributed by atoms with Crippen molar-refractivity contribution in [3.8, 4) is 0 Å². The molecule has 0 aliphatic rings. The van der Waals surface area contributed by atoms with Gasteiger partial charge < -0.3 is 21.1 Å². The number of nitrogens with two attached hydrogens (primary N) is 2. The Kier molecular flexibility index (Phi) is 7.37. The predicted octanol–water partition coefficient (Wildman–Crippen LogP) is -0.843. The Morgan fingerprint density at radius 1 is 1.50 bits per heavy atom. The van der Waals surface area contributed by atoms with E-state index < -0.39 is 11.9 Å². The van der Waals surface area contributed by atoms with E-state index in [1.54, 1.807) is 7.11 Å². The summed E-state index contributed by atoms with van der Waals surface area (Å²) in [6.07, 6.45) is 1.59. The zero-order chi connectivity index (χ0) is 11.0. The number of primary amides is 1. The largest absolute Gasteiger partial charge is 0.385 e. The van der Waals surface area contributed by atoms with Crippen molar-refractivity contribution in [3.05, 3.63) is 0 Å². The summed E-state index contributed by atoms with van der Waals surface area (Å²) in [5.74, 6) is -0.435. The highest BCUT2D eigenvalue weighted by atomic mass is 16.5. The number of amides is 1. The molecule has 0 bridgehead atoms. The van der Waals surface area contributed by atoms with Gasteiger partial charge in [-0.1, -0.05) is 0 Å². The average molecular weight is 203 g/mol. The molecule has 0 aliphatic carbocycles. The first-order valence-corrected chi connectivity index (χ1v) is 4.80. The highest BCUT2D eigenvalue weighted by Crippen LogP contribution is 1.93. The Labute approximate surface area is 85.4 Å². The van der Waals surface area contributed by atoms with Crippen molar-refractivity contribution in [2.45, 2.75) is 18.9 Å². The second-order valence-corrected chi connectivity index (χ2v) is 3.45. The smallest absolute Gasteiger partial charge is 0.234 e. The SMILES string of the molecule is COCCCN(C)CCC(N)C(N)=O. The molecule has 0 spiro atoms. The molecule has 1 atom stereocenters. The maximum Gasteiger partial charge on any atom is 0.234 e. The summed E-state index contributed by atoms with van der Waals surface area (Å²) in [5.41, 5.74) is 10.5.